The Hall–Kier alpha value is -2.04. The molecule has 19 atom stereocenters. The maximum atomic E-state index is 14.3. The number of esters is 3. The number of carbonyl (C=O) groups excluding carboxylic acids is 3. The van der Waals surface area contributed by atoms with E-state index in [1.807, 2.05) is 0 Å². The Morgan fingerprint density at radius 3 is 1.11 bits per heavy atom. The molecule has 97 heavy (non-hydrogen) atoms. The van der Waals surface area contributed by atoms with Crippen LogP contribution in [0.4, 0.5) is 0 Å². The smallest absolute Gasteiger partial charge is 0.463 e. The molecule has 3 rings (SSSR count). The van der Waals surface area contributed by atoms with Crippen molar-refractivity contribution in [2.45, 2.75) is 408 Å². The van der Waals surface area contributed by atoms with Crippen molar-refractivity contribution in [1.82, 2.24) is 0 Å². The first-order valence-electron chi connectivity index (χ1n) is 38.2. The van der Waals surface area contributed by atoms with Gasteiger partial charge in [-0.15, -0.1) is 0 Å². The van der Waals surface area contributed by atoms with Crippen LogP contribution in [0.5, 0.6) is 0 Å². The SMILES string of the molecule is CCCCCCCCCCCCCCCC(=O)OCC1OC(OC2C(O)C(O)C(O)C(OC3OC(CO)C(O)C(O)C3O)C2OP(=O)(O)OCC(COC(=O)CCCCCCCCC(C)CCCCCCCC)OC(=O)CCCCCCCCCCCCCCC)C(O)C(O)C1O. The first-order chi connectivity index (χ1) is 46.7. The number of phosphoric ester groups is 1. The van der Waals surface area contributed by atoms with E-state index >= 15 is 0 Å². The summed E-state index contributed by atoms with van der Waals surface area (Å²) in [6.07, 6.45) is 8.88. The zero-order valence-corrected chi connectivity index (χ0v) is 60.7. The number of carbonyl (C=O) groups is 3. The minimum Gasteiger partial charge on any atom is -0.463 e. The summed E-state index contributed by atoms with van der Waals surface area (Å²) in [5.74, 6) is -1.28. The van der Waals surface area contributed by atoms with E-state index in [0.717, 1.165) is 96.3 Å². The highest BCUT2D eigenvalue weighted by molar-refractivity contribution is 7.47. The summed E-state index contributed by atoms with van der Waals surface area (Å²) in [4.78, 5) is 51.0. The largest absolute Gasteiger partial charge is 0.472 e. The van der Waals surface area contributed by atoms with Gasteiger partial charge in [0.05, 0.1) is 13.2 Å². The lowest BCUT2D eigenvalue weighted by Crippen LogP contribution is -2.69. The molecule has 3 fully saturated rings. The summed E-state index contributed by atoms with van der Waals surface area (Å²) in [6.45, 7) is 5.79. The van der Waals surface area contributed by atoms with E-state index in [9.17, 15) is 74.9 Å². The molecule has 0 amide bonds. The Balaban J connectivity index is 1.74. The van der Waals surface area contributed by atoms with Gasteiger partial charge in [0.1, 0.15) is 98.7 Å². The second kappa shape index (κ2) is 53.7. The number of rotatable bonds is 59. The molecular weight excluding hydrogens is 1280 g/mol. The first-order valence-corrected chi connectivity index (χ1v) is 39.7. The van der Waals surface area contributed by atoms with Gasteiger partial charge in [0.2, 0.25) is 0 Å². The molecule has 0 bridgehead atoms. The summed E-state index contributed by atoms with van der Waals surface area (Å²) in [6, 6.07) is 0. The minimum atomic E-state index is -5.69. The number of aliphatic hydroxyl groups is 10. The maximum Gasteiger partial charge on any atom is 0.472 e. The van der Waals surface area contributed by atoms with E-state index < -0.39 is 156 Å². The summed E-state index contributed by atoms with van der Waals surface area (Å²) in [5, 5.41) is 110. The van der Waals surface area contributed by atoms with Crippen molar-refractivity contribution in [1.29, 1.82) is 0 Å². The third-order valence-corrected chi connectivity index (χ3v) is 20.3. The fraction of sp³-hybridized carbons (Fsp3) is 0.958. The third kappa shape index (κ3) is 37.3. The van der Waals surface area contributed by atoms with E-state index in [-0.39, 0.29) is 19.3 Å². The van der Waals surface area contributed by atoms with E-state index in [0.29, 0.717) is 25.2 Å². The number of hydrogen-bond acceptors (Lipinski definition) is 23. The molecule has 24 nitrogen and oxygen atoms in total. The lowest BCUT2D eigenvalue weighted by Gasteiger charge is -2.49. The Morgan fingerprint density at radius 2 is 0.722 bits per heavy atom. The van der Waals surface area contributed by atoms with Gasteiger partial charge in [-0.1, -0.05) is 265 Å². The Kier molecular flexibility index (Phi) is 49.4. The quantitative estimate of drug-likeness (QED) is 0.0117. The molecule has 11 N–H and O–H groups in total. The standard InChI is InChI=1S/C72H135O24P/c1-5-8-11-14-17-19-21-23-25-27-29-35-41-46-57(75)89-51-55-60(78)62(80)67(85)72(93-55)95-69-65(83)63(81)64(82)68(94-71-66(84)61(79)59(77)54(48-73)92-71)70(69)96-97(86,87)90-50-53(91-58(76)47-42-37-30-28-26-24-22-20-18-15-12-9-6-2)49-88-56(74)45-40-36-32-31-34-39-44-52(4)43-38-33-16-13-10-7-3/h52-55,59-73,77-85H,5-51H2,1-4H3,(H,86,87). The van der Waals surface area contributed by atoms with E-state index in [2.05, 4.69) is 27.7 Å². The third-order valence-electron chi connectivity index (χ3n) is 19.3. The van der Waals surface area contributed by atoms with Crippen LogP contribution in [-0.2, 0) is 61.2 Å². The van der Waals surface area contributed by atoms with Gasteiger partial charge in [-0.2, -0.15) is 0 Å². The van der Waals surface area contributed by atoms with Crippen molar-refractivity contribution in [3.8, 4) is 0 Å². The number of phosphoric acid groups is 1. The van der Waals surface area contributed by atoms with Crippen molar-refractivity contribution in [3.05, 3.63) is 0 Å². The van der Waals surface area contributed by atoms with Gasteiger partial charge < -0.3 is 89.1 Å². The number of ether oxygens (including phenoxy) is 7. The lowest BCUT2D eigenvalue weighted by atomic mass is 9.84. The van der Waals surface area contributed by atoms with Gasteiger partial charge in [0.25, 0.3) is 0 Å². The number of aliphatic hydroxyl groups excluding tert-OH is 10. The van der Waals surface area contributed by atoms with E-state index in [1.165, 1.54) is 141 Å². The van der Waals surface area contributed by atoms with Gasteiger partial charge in [-0.25, -0.2) is 4.57 Å². The number of unbranched alkanes of at least 4 members (excludes halogenated alkanes) is 34. The Labute approximate surface area is 580 Å². The molecule has 1 aliphatic carbocycles. The Morgan fingerprint density at radius 1 is 0.392 bits per heavy atom. The summed E-state index contributed by atoms with van der Waals surface area (Å²) in [7, 11) is -5.69. The normalized spacial score (nSPS) is 28.1. The van der Waals surface area contributed by atoms with Crippen LogP contribution in [0, 0.1) is 5.92 Å². The minimum absolute atomic E-state index is 0.0331. The molecule has 2 saturated heterocycles. The monoisotopic (exact) mass is 1410 g/mol. The predicted octanol–water partition coefficient (Wildman–Crippen LogP) is 10.4. The highest BCUT2D eigenvalue weighted by Gasteiger charge is 2.58. The maximum absolute atomic E-state index is 14.3. The molecule has 0 aromatic carbocycles. The van der Waals surface area contributed by atoms with Crippen molar-refractivity contribution < 1.29 is 117 Å². The van der Waals surface area contributed by atoms with Crippen LogP contribution in [0.1, 0.15) is 304 Å². The molecule has 2 aliphatic heterocycles. The fourth-order valence-corrected chi connectivity index (χ4v) is 13.9. The van der Waals surface area contributed by atoms with Crippen LogP contribution in [0.2, 0.25) is 0 Å². The van der Waals surface area contributed by atoms with Crippen LogP contribution in [0.3, 0.4) is 0 Å². The van der Waals surface area contributed by atoms with Gasteiger partial charge in [0, 0.05) is 19.3 Å². The average molecular weight is 1420 g/mol. The van der Waals surface area contributed by atoms with E-state index in [4.69, 9.17) is 42.2 Å². The molecule has 25 heteroatoms. The first kappa shape index (κ1) is 89.2. The zero-order chi connectivity index (χ0) is 71.2. The molecular formula is C72H135O24P. The van der Waals surface area contributed by atoms with Crippen molar-refractivity contribution in [3.63, 3.8) is 0 Å². The fourth-order valence-electron chi connectivity index (χ4n) is 12.9. The summed E-state index contributed by atoms with van der Waals surface area (Å²) >= 11 is 0. The van der Waals surface area contributed by atoms with Crippen LogP contribution >= 0.6 is 7.82 Å². The molecule has 0 radical (unpaired) electrons. The molecule has 0 aromatic heterocycles. The second-order valence-corrected chi connectivity index (χ2v) is 29.4. The average Bonchev–Trinajstić information content (AvgIpc) is 0.763. The Bertz CT molecular complexity index is 2030. The predicted molar refractivity (Wildman–Crippen MR) is 365 cm³/mol. The van der Waals surface area contributed by atoms with Gasteiger partial charge in [-0.05, 0) is 25.2 Å². The number of hydrogen-bond donors (Lipinski definition) is 11. The van der Waals surface area contributed by atoms with Gasteiger partial charge in [0.15, 0.2) is 18.7 Å². The van der Waals surface area contributed by atoms with Crippen molar-refractivity contribution >= 4 is 25.7 Å². The molecule has 19 unspecified atom stereocenters. The van der Waals surface area contributed by atoms with Crippen molar-refractivity contribution in [2.24, 2.45) is 5.92 Å². The molecule has 0 spiro atoms. The summed E-state index contributed by atoms with van der Waals surface area (Å²) < 4.78 is 65.1. The zero-order valence-electron chi connectivity index (χ0n) is 59.8. The van der Waals surface area contributed by atoms with Crippen LogP contribution in [-0.4, -0.2) is 204 Å². The molecule has 1 saturated carbocycles. The highest BCUT2D eigenvalue weighted by atomic mass is 31.2. The van der Waals surface area contributed by atoms with Crippen molar-refractivity contribution in [2.75, 3.05) is 26.4 Å². The molecule has 0 aromatic rings. The van der Waals surface area contributed by atoms with Crippen LogP contribution in [0.25, 0.3) is 0 Å². The highest BCUT2D eigenvalue weighted by Crippen LogP contribution is 2.49. The molecule has 3 aliphatic rings. The molecule has 572 valence electrons. The van der Waals surface area contributed by atoms with Crippen LogP contribution in [0.15, 0.2) is 0 Å². The summed E-state index contributed by atoms with van der Waals surface area (Å²) in [5.41, 5.74) is 0. The molecule has 2 heterocycles. The lowest BCUT2D eigenvalue weighted by molar-refractivity contribution is -0.360. The van der Waals surface area contributed by atoms with Gasteiger partial charge in [-0.3, -0.25) is 23.4 Å². The van der Waals surface area contributed by atoms with E-state index in [1.54, 1.807) is 0 Å². The van der Waals surface area contributed by atoms with Crippen LogP contribution < -0.4 is 0 Å². The topological polar surface area (TPSA) is 374 Å². The second-order valence-electron chi connectivity index (χ2n) is 28.0. The van der Waals surface area contributed by atoms with Gasteiger partial charge >= 0.3 is 25.7 Å².